The smallest absolute Gasteiger partial charge is 0.128 e. The van der Waals surface area contributed by atoms with E-state index in [4.69, 9.17) is 4.74 Å². The average molecular weight is 329 g/mol. The Labute approximate surface area is 143 Å². The van der Waals surface area contributed by atoms with Gasteiger partial charge in [-0.05, 0) is 35.9 Å². The molecule has 0 aliphatic heterocycles. The van der Waals surface area contributed by atoms with Crippen LogP contribution in [-0.2, 0) is 13.1 Å². The molecule has 0 unspecified atom stereocenters. The van der Waals surface area contributed by atoms with Crippen molar-refractivity contribution in [3.8, 4) is 5.75 Å². The highest BCUT2D eigenvalue weighted by Gasteiger charge is 2.10. The molecule has 0 aliphatic rings. The van der Waals surface area contributed by atoms with Gasteiger partial charge in [0.1, 0.15) is 18.8 Å². The molecular weight excluding hydrogens is 308 g/mol. The lowest BCUT2D eigenvalue weighted by Gasteiger charge is -2.12. The molecule has 0 amide bonds. The second-order valence-corrected chi connectivity index (χ2v) is 5.21. The van der Waals surface area contributed by atoms with E-state index in [-0.39, 0.29) is 12.4 Å². The molecule has 0 saturated carbocycles. The van der Waals surface area contributed by atoms with Crippen molar-refractivity contribution in [1.82, 2.24) is 4.98 Å². The number of quaternary nitrogens is 1. The summed E-state index contributed by atoms with van der Waals surface area (Å²) in [5.74, 6) is 0.985. The Kier molecular flexibility index (Phi) is 6.39. The lowest BCUT2D eigenvalue weighted by Crippen LogP contribution is -3.00. The lowest BCUT2D eigenvalue weighted by molar-refractivity contribution is -0.686. The van der Waals surface area contributed by atoms with E-state index >= 15 is 0 Å². The summed E-state index contributed by atoms with van der Waals surface area (Å²) in [4.78, 5) is 4.37. The van der Waals surface area contributed by atoms with Crippen LogP contribution in [-0.4, -0.2) is 11.6 Å². The zero-order valence-corrected chi connectivity index (χ0v) is 14.0. The molecule has 0 fully saturated rings. The first-order valence-electron chi connectivity index (χ1n) is 7.73. The predicted molar refractivity (Wildman–Crippen MR) is 88.7 cm³/mol. The topological polar surface area (TPSA) is 38.7 Å². The second-order valence-electron chi connectivity index (χ2n) is 5.21. The van der Waals surface area contributed by atoms with Gasteiger partial charge in [0.25, 0.3) is 0 Å². The van der Waals surface area contributed by atoms with E-state index in [2.05, 4.69) is 52.8 Å². The number of benzene rings is 2. The first-order chi connectivity index (χ1) is 10.9. The van der Waals surface area contributed by atoms with Gasteiger partial charge in [0, 0.05) is 6.20 Å². The Morgan fingerprint density at radius 1 is 0.957 bits per heavy atom. The van der Waals surface area contributed by atoms with Crippen LogP contribution >= 0.6 is 0 Å². The van der Waals surface area contributed by atoms with Crippen LogP contribution in [0.1, 0.15) is 18.2 Å². The molecule has 0 radical (unpaired) electrons. The molecule has 0 bridgehead atoms. The van der Waals surface area contributed by atoms with Gasteiger partial charge in [-0.1, -0.05) is 36.4 Å². The maximum Gasteiger partial charge on any atom is 0.128 e. The largest absolute Gasteiger partial charge is 1.00 e. The molecular formula is C19H21ClN2O. The number of nitrogens with zero attached hydrogens (tertiary/aromatic N) is 1. The zero-order chi connectivity index (χ0) is 15.2. The fraction of sp³-hybridized carbons (Fsp3) is 0.211. The summed E-state index contributed by atoms with van der Waals surface area (Å²) >= 11 is 0. The highest BCUT2D eigenvalue weighted by atomic mass is 35.5. The van der Waals surface area contributed by atoms with Crippen molar-refractivity contribution in [1.29, 1.82) is 0 Å². The summed E-state index contributed by atoms with van der Waals surface area (Å²) in [6, 6.07) is 18.7. The van der Waals surface area contributed by atoms with Crippen molar-refractivity contribution in [3.05, 3.63) is 72.1 Å². The van der Waals surface area contributed by atoms with E-state index in [0.717, 1.165) is 24.5 Å². The van der Waals surface area contributed by atoms with Gasteiger partial charge in [-0.15, -0.1) is 0 Å². The van der Waals surface area contributed by atoms with Crippen LogP contribution in [0.25, 0.3) is 10.8 Å². The fourth-order valence-electron chi connectivity index (χ4n) is 2.70. The Morgan fingerprint density at radius 2 is 1.78 bits per heavy atom. The number of nitrogens with two attached hydrogens (primary N) is 1. The second kappa shape index (κ2) is 8.51. The van der Waals surface area contributed by atoms with Crippen LogP contribution in [0.15, 0.2) is 60.8 Å². The molecule has 2 N–H and O–H groups in total. The maximum absolute atomic E-state index is 5.81. The molecule has 23 heavy (non-hydrogen) atoms. The van der Waals surface area contributed by atoms with Gasteiger partial charge in [0.15, 0.2) is 0 Å². The molecule has 0 spiro atoms. The third kappa shape index (κ3) is 4.21. The number of rotatable bonds is 6. The molecule has 0 aliphatic carbocycles. The average Bonchev–Trinajstić information content (AvgIpc) is 2.57. The molecule has 0 saturated heterocycles. The number of fused-ring (bicyclic) bond motifs is 1. The molecule has 4 heteroatoms. The van der Waals surface area contributed by atoms with Crippen LogP contribution < -0.4 is 22.5 Å². The van der Waals surface area contributed by atoms with Crippen molar-refractivity contribution < 1.29 is 22.5 Å². The van der Waals surface area contributed by atoms with Crippen molar-refractivity contribution in [2.45, 2.75) is 20.0 Å². The van der Waals surface area contributed by atoms with E-state index < -0.39 is 0 Å². The number of halogens is 1. The highest BCUT2D eigenvalue weighted by molar-refractivity contribution is 5.87. The minimum absolute atomic E-state index is 0. The van der Waals surface area contributed by atoms with Crippen LogP contribution in [0.5, 0.6) is 5.75 Å². The van der Waals surface area contributed by atoms with Gasteiger partial charge in [0.2, 0.25) is 0 Å². The molecule has 1 aromatic heterocycles. The van der Waals surface area contributed by atoms with Crippen molar-refractivity contribution in [3.63, 3.8) is 0 Å². The van der Waals surface area contributed by atoms with Crippen molar-refractivity contribution >= 4 is 10.8 Å². The first-order valence-corrected chi connectivity index (χ1v) is 7.73. The standard InChI is InChI=1S/C19H20N2O.ClH/c1-2-22-19-11-10-15-7-3-4-9-17(15)18(19)14-20-13-16-8-5-6-12-21-16;/h3-12,20H,2,13-14H2,1H3;1H. The fourth-order valence-corrected chi connectivity index (χ4v) is 2.70. The summed E-state index contributed by atoms with van der Waals surface area (Å²) in [5.41, 5.74) is 2.36. The normalized spacial score (nSPS) is 10.3. The molecule has 3 nitrogen and oxygen atoms in total. The predicted octanol–water partition coefficient (Wildman–Crippen LogP) is -0.0989. The Morgan fingerprint density at radius 3 is 2.57 bits per heavy atom. The van der Waals surface area contributed by atoms with Crippen LogP contribution in [0.2, 0.25) is 0 Å². The summed E-state index contributed by atoms with van der Waals surface area (Å²) in [5, 5.41) is 4.80. The minimum atomic E-state index is 0. The first kappa shape index (κ1) is 17.3. The third-order valence-corrected chi connectivity index (χ3v) is 3.73. The van der Waals surface area contributed by atoms with Crippen LogP contribution in [0.3, 0.4) is 0 Å². The maximum atomic E-state index is 5.81. The minimum Gasteiger partial charge on any atom is -1.00 e. The Hall–Kier alpha value is -2.10. The Balaban J connectivity index is 0.00000192. The summed E-state index contributed by atoms with van der Waals surface area (Å²) in [7, 11) is 0. The van der Waals surface area contributed by atoms with Crippen molar-refractivity contribution in [2.75, 3.05) is 6.61 Å². The lowest BCUT2D eigenvalue weighted by atomic mass is 10.0. The number of pyridine rings is 1. The van der Waals surface area contributed by atoms with Gasteiger partial charge in [-0.25, -0.2) is 0 Å². The van der Waals surface area contributed by atoms with Gasteiger partial charge in [-0.3, -0.25) is 4.98 Å². The molecule has 1 heterocycles. The number of aromatic nitrogens is 1. The molecule has 3 aromatic rings. The van der Waals surface area contributed by atoms with E-state index in [0.29, 0.717) is 6.61 Å². The molecule has 3 rings (SSSR count). The zero-order valence-electron chi connectivity index (χ0n) is 13.2. The molecule has 2 aromatic carbocycles. The monoisotopic (exact) mass is 328 g/mol. The van der Waals surface area contributed by atoms with Crippen LogP contribution in [0, 0.1) is 0 Å². The van der Waals surface area contributed by atoms with E-state index in [1.54, 1.807) is 0 Å². The summed E-state index contributed by atoms with van der Waals surface area (Å²) in [6.07, 6.45) is 1.84. The van der Waals surface area contributed by atoms with Gasteiger partial charge < -0.3 is 22.5 Å². The number of ether oxygens (including phenoxy) is 1. The van der Waals surface area contributed by atoms with E-state index in [1.165, 1.54) is 16.3 Å². The number of hydrogen-bond acceptors (Lipinski definition) is 2. The third-order valence-electron chi connectivity index (χ3n) is 3.73. The number of hydrogen-bond donors (Lipinski definition) is 1. The Bertz CT molecular complexity index is 747. The van der Waals surface area contributed by atoms with E-state index in [1.807, 2.05) is 25.3 Å². The summed E-state index contributed by atoms with van der Waals surface area (Å²) < 4.78 is 5.81. The van der Waals surface area contributed by atoms with Gasteiger partial charge in [0.05, 0.1) is 17.9 Å². The quantitative estimate of drug-likeness (QED) is 0.686. The molecule has 120 valence electrons. The van der Waals surface area contributed by atoms with Gasteiger partial charge >= 0.3 is 0 Å². The van der Waals surface area contributed by atoms with E-state index in [9.17, 15) is 0 Å². The van der Waals surface area contributed by atoms with Crippen molar-refractivity contribution in [2.24, 2.45) is 0 Å². The van der Waals surface area contributed by atoms with Gasteiger partial charge in [-0.2, -0.15) is 0 Å². The summed E-state index contributed by atoms with van der Waals surface area (Å²) in [6.45, 7) is 4.46. The highest BCUT2D eigenvalue weighted by Crippen LogP contribution is 2.27. The molecule has 0 atom stereocenters. The SMILES string of the molecule is CCOc1ccc2ccccc2c1C[NH2+]Cc1ccccn1.[Cl-]. The van der Waals surface area contributed by atoms with Crippen LogP contribution in [0.4, 0.5) is 0 Å².